The predicted molar refractivity (Wildman–Crippen MR) is 80.9 cm³/mol. The van der Waals surface area contributed by atoms with Crippen molar-refractivity contribution in [2.45, 2.75) is 45.0 Å². The predicted octanol–water partition coefficient (Wildman–Crippen LogP) is 3.46. The van der Waals surface area contributed by atoms with Crippen molar-refractivity contribution in [2.75, 3.05) is 0 Å². The molecule has 3 nitrogen and oxygen atoms in total. The second kappa shape index (κ2) is 4.39. The first-order valence-electron chi connectivity index (χ1n) is 7.47. The highest BCUT2D eigenvalue weighted by Crippen LogP contribution is 2.53. The van der Waals surface area contributed by atoms with Crippen LogP contribution in [-0.4, -0.2) is 15.7 Å². The molecule has 0 radical (unpaired) electrons. The molecule has 1 fully saturated rings. The summed E-state index contributed by atoms with van der Waals surface area (Å²) in [5.74, 6) is 0. The summed E-state index contributed by atoms with van der Waals surface area (Å²) in [6.45, 7) is 4.80. The molecule has 1 unspecified atom stereocenters. The number of pyridine rings is 1. The fourth-order valence-electron chi connectivity index (χ4n) is 3.18. The summed E-state index contributed by atoms with van der Waals surface area (Å²) >= 11 is 0. The Morgan fingerprint density at radius 3 is 2.71 bits per heavy atom. The molecule has 1 aromatic heterocycles. The van der Waals surface area contributed by atoms with Crippen molar-refractivity contribution in [1.29, 1.82) is 0 Å². The SMILES string of the molecule is Cc1ccc(-c2cncc3c2COC2(CC2)C3O)cc1C. The van der Waals surface area contributed by atoms with E-state index in [1.165, 1.54) is 11.1 Å². The largest absolute Gasteiger partial charge is 0.385 e. The number of aliphatic hydroxyl groups is 1. The maximum absolute atomic E-state index is 10.6. The molecule has 2 heterocycles. The van der Waals surface area contributed by atoms with Crippen LogP contribution in [0.5, 0.6) is 0 Å². The maximum Gasteiger partial charge on any atom is 0.110 e. The molecule has 0 saturated heterocycles. The van der Waals surface area contributed by atoms with Crippen LogP contribution in [0.2, 0.25) is 0 Å². The molecule has 0 amide bonds. The minimum atomic E-state index is -0.541. The Hall–Kier alpha value is -1.71. The summed E-state index contributed by atoms with van der Waals surface area (Å²) in [7, 11) is 0. The molecular weight excluding hydrogens is 262 g/mol. The Morgan fingerprint density at radius 1 is 1.19 bits per heavy atom. The van der Waals surface area contributed by atoms with E-state index in [0.29, 0.717) is 6.61 Å². The first-order chi connectivity index (χ1) is 10.1. The van der Waals surface area contributed by atoms with Gasteiger partial charge < -0.3 is 9.84 Å². The van der Waals surface area contributed by atoms with Gasteiger partial charge in [0.1, 0.15) is 6.10 Å². The lowest BCUT2D eigenvalue weighted by Crippen LogP contribution is -2.30. The second-order valence-corrected chi connectivity index (χ2v) is 6.31. The van der Waals surface area contributed by atoms with E-state index in [1.807, 2.05) is 6.20 Å². The normalized spacial score (nSPS) is 22.1. The molecule has 1 saturated carbocycles. The van der Waals surface area contributed by atoms with E-state index >= 15 is 0 Å². The Kier molecular flexibility index (Phi) is 2.72. The van der Waals surface area contributed by atoms with Crippen LogP contribution in [0.3, 0.4) is 0 Å². The monoisotopic (exact) mass is 281 g/mol. The van der Waals surface area contributed by atoms with E-state index in [9.17, 15) is 5.11 Å². The molecule has 1 spiro atoms. The van der Waals surface area contributed by atoms with Gasteiger partial charge in [-0.1, -0.05) is 18.2 Å². The Labute approximate surface area is 124 Å². The van der Waals surface area contributed by atoms with Gasteiger partial charge in [-0.05, 0) is 48.9 Å². The molecule has 3 heteroatoms. The quantitative estimate of drug-likeness (QED) is 0.870. The molecule has 0 bridgehead atoms. The van der Waals surface area contributed by atoms with Gasteiger partial charge in [-0.3, -0.25) is 4.98 Å². The van der Waals surface area contributed by atoms with Gasteiger partial charge in [-0.2, -0.15) is 0 Å². The second-order valence-electron chi connectivity index (χ2n) is 6.31. The molecule has 1 aliphatic heterocycles. The van der Waals surface area contributed by atoms with Crippen molar-refractivity contribution in [3.05, 3.63) is 52.8 Å². The van der Waals surface area contributed by atoms with Crippen molar-refractivity contribution in [2.24, 2.45) is 0 Å². The van der Waals surface area contributed by atoms with Gasteiger partial charge in [0.2, 0.25) is 0 Å². The van der Waals surface area contributed by atoms with Gasteiger partial charge in [0.25, 0.3) is 0 Å². The average Bonchev–Trinajstić information content (AvgIpc) is 3.27. The molecule has 1 N–H and O–H groups in total. The first kappa shape index (κ1) is 13.0. The van der Waals surface area contributed by atoms with Gasteiger partial charge in [0, 0.05) is 23.5 Å². The Morgan fingerprint density at radius 2 is 2.00 bits per heavy atom. The topological polar surface area (TPSA) is 42.4 Å². The van der Waals surface area contributed by atoms with Crippen LogP contribution in [0.25, 0.3) is 11.1 Å². The van der Waals surface area contributed by atoms with Crippen LogP contribution in [-0.2, 0) is 11.3 Å². The van der Waals surface area contributed by atoms with E-state index < -0.39 is 6.10 Å². The summed E-state index contributed by atoms with van der Waals surface area (Å²) in [4.78, 5) is 4.35. The lowest BCUT2D eigenvalue weighted by atomic mass is 9.90. The number of rotatable bonds is 1. The van der Waals surface area contributed by atoms with Crippen LogP contribution in [0.4, 0.5) is 0 Å². The van der Waals surface area contributed by atoms with Crippen molar-refractivity contribution in [3.8, 4) is 11.1 Å². The Bertz CT molecular complexity index is 719. The Balaban J connectivity index is 1.84. The van der Waals surface area contributed by atoms with Crippen molar-refractivity contribution in [3.63, 3.8) is 0 Å². The highest BCUT2D eigenvalue weighted by molar-refractivity contribution is 5.69. The summed E-state index contributed by atoms with van der Waals surface area (Å²) in [5.41, 5.74) is 6.46. The fraction of sp³-hybridized carbons (Fsp3) is 0.389. The van der Waals surface area contributed by atoms with E-state index in [0.717, 1.165) is 35.1 Å². The summed E-state index contributed by atoms with van der Waals surface area (Å²) in [6.07, 6.45) is 5.03. The standard InChI is InChI=1S/C18H19NO2/c1-11-3-4-13(7-12(11)2)14-8-19-9-15-16(14)10-21-18(5-6-18)17(15)20/h3-4,7-9,17,20H,5-6,10H2,1-2H3. The van der Waals surface area contributed by atoms with Gasteiger partial charge in [0.05, 0.1) is 12.2 Å². The number of hydrogen-bond acceptors (Lipinski definition) is 3. The highest BCUT2D eigenvalue weighted by Gasteiger charge is 2.54. The number of fused-ring (bicyclic) bond motifs is 1. The fourth-order valence-corrected chi connectivity index (χ4v) is 3.18. The van der Waals surface area contributed by atoms with E-state index in [4.69, 9.17) is 4.74 Å². The van der Waals surface area contributed by atoms with E-state index in [1.54, 1.807) is 6.20 Å². The first-order valence-corrected chi connectivity index (χ1v) is 7.47. The molecule has 1 atom stereocenters. The summed E-state index contributed by atoms with van der Waals surface area (Å²) in [6, 6.07) is 6.43. The minimum Gasteiger partial charge on any atom is -0.385 e. The van der Waals surface area contributed by atoms with Gasteiger partial charge in [0.15, 0.2) is 0 Å². The average molecular weight is 281 g/mol. The number of hydrogen-bond donors (Lipinski definition) is 1. The molecular formula is C18H19NO2. The summed E-state index contributed by atoms with van der Waals surface area (Å²) in [5, 5.41) is 10.6. The van der Waals surface area contributed by atoms with Gasteiger partial charge in [-0.15, -0.1) is 0 Å². The number of aryl methyl sites for hydroxylation is 2. The number of ether oxygens (including phenoxy) is 1. The zero-order valence-electron chi connectivity index (χ0n) is 12.4. The smallest absolute Gasteiger partial charge is 0.110 e. The van der Waals surface area contributed by atoms with Crippen LogP contribution < -0.4 is 0 Å². The molecule has 1 aromatic carbocycles. The molecule has 2 aliphatic rings. The van der Waals surface area contributed by atoms with Crippen LogP contribution >= 0.6 is 0 Å². The third-order valence-electron chi connectivity index (χ3n) is 4.95. The lowest BCUT2D eigenvalue weighted by molar-refractivity contribution is -0.0827. The molecule has 2 aromatic rings. The zero-order valence-corrected chi connectivity index (χ0v) is 12.4. The van der Waals surface area contributed by atoms with Crippen LogP contribution in [0.15, 0.2) is 30.6 Å². The molecule has 21 heavy (non-hydrogen) atoms. The zero-order chi connectivity index (χ0) is 14.6. The number of aromatic nitrogens is 1. The molecule has 4 rings (SSSR count). The lowest BCUT2D eigenvalue weighted by Gasteiger charge is -2.31. The number of benzene rings is 1. The number of aliphatic hydroxyl groups excluding tert-OH is 1. The van der Waals surface area contributed by atoms with Crippen molar-refractivity contribution in [1.82, 2.24) is 4.98 Å². The van der Waals surface area contributed by atoms with Crippen molar-refractivity contribution >= 4 is 0 Å². The van der Waals surface area contributed by atoms with E-state index in [-0.39, 0.29) is 5.60 Å². The third-order valence-corrected chi connectivity index (χ3v) is 4.95. The molecule has 108 valence electrons. The minimum absolute atomic E-state index is 0.323. The van der Waals surface area contributed by atoms with Crippen LogP contribution in [0.1, 0.15) is 41.2 Å². The van der Waals surface area contributed by atoms with Gasteiger partial charge in [-0.25, -0.2) is 0 Å². The maximum atomic E-state index is 10.6. The van der Waals surface area contributed by atoms with Gasteiger partial charge >= 0.3 is 0 Å². The van der Waals surface area contributed by atoms with Crippen LogP contribution in [0, 0.1) is 13.8 Å². The molecule has 1 aliphatic carbocycles. The summed E-state index contributed by atoms with van der Waals surface area (Å²) < 4.78 is 5.95. The van der Waals surface area contributed by atoms with E-state index in [2.05, 4.69) is 37.0 Å². The number of nitrogens with zero attached hydrogens (tertiary/aromatic N) is 1. The third kappa shape index (κ3) is 1.92. The van der Waals surface area contributed by atoms with Crippen molar-refractivity contribution < 1.29 is 9.84 Å². The highest BCUT2D eigenvalue weighted by atomic mass is 16.5.